The van der Waals surface area contributed by atoms with Crippen LogP contribution in [0.25, 0.3) is 11.1 Å². The van der Waals surface area contributed by atoms with Gasteiger partial charge in [0, 0.05) is 5.56 Å². The maximum atomic E-state index is 14.2. The number of esters is 1. The van der Waals surface area contributed by atoms with E-state index in [1.54, 1.807) is 0 Å². The van der Waals surface area contributed by atoms with Gasteiger partial charge in [-0.15, -0.1) is 0 Å². The summed E-state index contributed by atoms with van der Waals surface area (Å²) >= 11 is 5.84. The number of rotatable bonds is 3. The molecule has 110 valence electrons. The highest BCUT2D eigenvalue weighted by molar-refractivity contribution is 6.32. The van der Waals surface area contributed by atoms with Gasteiger partial charge in [-0.1, -0.05) is 11.6 Å². The van der Waals surface area contributed by atoms with Crippen molar-refractivity contribution in [3.63, 3.8) is 0 Å². The quantitative estimate of drug-likeness (QED) is 0.875. The molecule has 0 amide bonds. The fourth-order valence-corrected chi connectivity index (χ4v) is 2.02. The lowest BCUT2D eigenvalue weighted by molar-refractivity contribution is 0.0595. The molecule has 0 radical (unpaired) electrons. The number of nitrogens with zero attached hydrogens (tertiary/aromatic N) is 2. The second kappa shape index (κ2) is 5.92. The van der Waals surface area contributed by atoms with Crippen LogP contribution in [0.3, 0.4) is 0 Å². The number of carbonyl (C=O) groups is 1. The molecule has 0 unspecified atom stereocenters. The Bertz CT molecular complexity index is 709. The summed E-state index contributed by atoms with van der Waals surface area (Å²) in [4.78, 5) is 19.3. The zero-order valence-electron chi connectivity index (χ0n) is 11.2. The average molecular weight is 312 g/mol. The van der Waals surface area contributed by atoms with Crippen molar-refractivity contribution in [3.8, 4) is 16.9 Å². The number of nitrogen functional groups attached to an aromatic ring is 1. The third-order valence-corrected chi connectivity index (χ3v) is 3.06. The van der Waals surface area contributed by atoms with Gasteiger partial charge in [0.1, 0.15) is 23.7 Å². The number of benzene rings is 1. The maximum Gasteiger partial charge on any atom is 0.357 e. The van der Waals surface area contributed by atoms with Crippen LogP contribution in [0, 0.1) is 5.82 Å². The number of hydrogen-bond acceptors (Lipinski definition) is 6. The molecule has 0 bridgehead atoms. The monoisotopic (exact) mass is 311 g/mol. The Hall–Kier alpha value is -2.41. The minimum atomic E-state index is -0.757. The van der Waals surface area contributed by atoms with Gasteiger partial charge in [0.2, 0.25) is 0 Å². The second-order valence-electron chi connectivity index (χ2n) is 3.94. The number of anilines is 1. The van der Waals surface area contributed by atoms with Crippen LogP contribution in [-0.4, -0.2) is 30.2 Å². The molecule has 1 aromatic heterocycles. The van der Waals surface area contributed by atoms with E-state index in [1.807, 2.05) is 0 Å². The third-order valence-electron chi connectivity index (χ3n) is 2.77. The maximum absolute atomic E-state index is 14.2. The van der Waals surface area contributed by atoms with Crippen LogP contribution in [0.1, 0.15) is 10.5 Å². The molecule has 0 aliphatic heterocycles. The highest BCUT2D eigenvalue weighted by atomic mass is 35.5. The first-order valence-corrected chi connectivity index (χ1v) is 6.09. The van der Waals surface area contributed by atoms with E-state index in [1.165, 1.54) is 20.3 Å². The molecule has 0 spiro atoms. The predicted molar refractivity (Wildman–Crippen MR) is 74.7 cm³/mol. The minimum absolute atomic E-state index is 0.00486. The topological polar surface area (TPSA) is 87.3 Å². The van der Waals surface area contributed by atoms with Gasteiger partial charge >= 0.3 is 5.97 Å². The SMILES string of the molecule is COC(=O)c1ncnc(N)c1-c1cc(OC)c(Cl)cc1F. The van der Waals surface area contributed by atoms with E-state index >= 15 is 0 Å². The third kappa shape index (κ3) is 2.73. The van der Waals surface area contributed by atoms with Crippen LogP contribution < -0.4 is 10.5 Å². The Morgan fingerprint density at radius 1 is 1.33 bits per heavy atom. The lowest BCUT2D eigenvalue weighted by atomic mass is 10.0. The molecule has 2 aromatic rings. The zero-order valence-corrected chi connectivity index (χ0v) is 11.9. The van der Waals surface area contributed by atoms with Crippen molar-refractivity contribution < 1.29 is 18.7 Å². The van der Waals surface area contributed by atoms with Crippen molar-refractivity contribution in [2.45, 2.75) is 0 Å². The normalized spacial score (nSPS) is 10.3. The van der Waals surface area contributed by atoms with Gasteiger partial charge in [-0.05, 0) is 12.1 Å². The highest BCUT2D eigenvalue weighted by Gasteiger charge is 2.22. The van der Waals surface area contributed by atoms with Crippen molar-refractivity contribution in [3.05, 3.63) is 35.0 Å². The van der Waals surface area contributed by atoms with Crippen molar-refractivity contribution in [2.24, 2.45) is 0 Å². The molecular weight excluding hydrogens is 301 g/mol. The van der Waals surface area contributed by atoms with Gasteiger partial charge < -0.3 is 15.2 Å². The van der Waals surface area contributed by atoms with Crippen LogP contribution in [0.5, 0.6) is 5.75 Å². The summed E-state index contributed by atoms with van der Waals surface area (Å²) in [6.45, 7) is 0. The molecule has 0 atom stereocenters. The fourth-order valence-electron chi connectivity index (χ4n) is 1.79. The van der Waals surface area contributed by atoms with Crippen LogP contribution >= 0.6 is 11.6 Å². The van der Waals surface area contributed by atoms with E-state index in [2.05, 4.69) is 14.7 Å². The highest BCUT2D eigenvalue weighted by Crippen LogP contribution is 2.36. The Labute approximate surface area is 124 Å². The largest absolute Gasteiger partial charge is 0.495 e. The Kier molecular flexibility index (Phi) is 4.23. The number of aromatic nitrogens is 2. The second-order valence-corrected chi connectivity index (χ2v) is 4.35. The van der Waals surface area contributed by atoms with Crippen LogP contribution in [0.15, 0.2) is 18.5 Å². The lowest BCUT2D eigenvalue weighted by Gasteiger charge is -2.12. The zero-order chi connectivity index (χ0) is 15.6. The van der Waals surface area contributed by atoms with Crippen LogP contribution in [0.2, 0.25) is 5.02 Å². The van der Waals surface area contributed by atoms with Gasteiger partial charge in [0.05, 0.1) is 24.8 Å². The summed E-state index contributed by atoms with van der Waals surface area (Å²) < 4.78 is 23.8. The predicted octanol–water partition coefficient (Wildman–Crippen LogP) is 2.31. The molecule has 8 heteroatoms. The van der Waals surface area contributed by atoms with Gasteiger partial charge in [0.25, 0.3) is 0 Å². The molecule has 1 aromatic carbocycles. The molecule has 0 saturated heterocycles. The summed E-state index contributed by atoms with van der Waals surface area (Å²) in [5, 5.41) is 0.0915. The molecule has 0 saturated carbocycles. The molecule has 1 heterocycles. The van der Waals surface area contributed by atoms with Gasteiger partial charge in [0.15, 0.2) is 5.69 Å². The molecule has 0 aliphatic rings. The molecule has 2 rings (SSSR count). The number of carbonyl (C=O) groups excluding carboxylic acids is 1. The summed E-state index contributed by atoms with van der Waals surface area (Å²) in [5.74, 6) is -1.28. The van der Waals surface area contributed by atoms with Gasteiger partial charge in [-0.25, -0.2) is 19.2 Å². The van der Waals surface area contributed by atoms with Crippen molar-refractivity contribution in [1.29, 1.82) is 0 Å². The van der Waals surface area contributed by atoms with E-state index in [9.17, 15) is 9.18 Å². The van der Waals surface area contributed by atoms with Crippen molar-refractivity contribution in [1.82, 2.24) is 9.97 Å². The molecular formula is C13H11ClFN3O3. The number of nitrogens with two attached hydrogens (primary N) is 1. The summed E-state index contributed by atoms with van der Waals surface area (Å²) in [6.07, 6.45) is 1.09. The smallest absolute Gasteiger partial charge is 0.357 e. The molecule has 21 heavy (non-hydrogen) atoms. The van der Waals surface area contributed by atoms with E-state index in [-0.39, 0.29) is 33.4 Å². The standard InChI is InChI=1S/C13H11ClFN3O3/c1-20-9-3-6(8(15)4-7(9)14)10-11(13(19)21-2)17-5-18-12(10)16/h3-5H,1-2H3,(H2,16,17,18). The first-order chi connectivity index (χ1) is 9.99. The van der Waals surface area contributed by atoms with Crippen molar-refractivity contribution in [2.75, 3.05) is 20.0 Å². The summed E-state index contributed by atoms with van der Waals surface area (Å²) in [5.41, 5.74) is 5.62. The van der Waals surface area contributed by atoms with Gasteiger partial charge in [-0.3, -0.25) is 0 Å². The number of ether oxygens (including phenoxy) is 2. The van der Waals surface area contributed by atoms with E-state index < -0.39 is 11.8 Å². The van der Waals surface area contributed by atoms with E-state index in [0.29, 0.717) is 0 Å². The lowest BCUT2D eigenvalue weighted by Crippen LogP contribution is -2.10. The average Bonchev–Trinajstić information content (AvgIpc) is 2.47. The first-order valence-electron chi connectivity index (χ1n) is 5.71. The summed E-state index contributed by atoms with van der Waals surface area (Å²) in [6, 6.07) is 2.38. The molecule has 6 nitrogen and oxygen atoms in total. The van der Waals surface area contributed by atoms with E-state index in [4.69, 9.17) is 22.1 Å². The Balaban J connectivity index is 2.75. The summed E-state index contributed by atoms with van der Waals surface area (Å²) in [7, 11) is 2.57. The molecule has 2 N–H and O–H groups in total. The fraction of sp³-hybridized carbons (Fsp3) is 0.154. The number of hydrogen-bond donors (Lipinski definition) is 1. The molecule has 0 fully saturated rings. The van der Waals surface area contributed by atoms with Crippen LogP contribution in [0.4, 0.5) is 10.2 Å². The Morgan fingerprint density at radius 3 is 2.67 bits per heavy atom. The number of halogens is 2. The van der Waals surface area contributed by atoms with E-state index in [0.717, 1.165) is 12.4 Å². The van der Waals surface area contributed by atoms with Crippen LogP contribution in [-0.2, 0) is 4.74 Å². The minimum Gasteiger partial charge on any atom is -0.495 e. The van der Waals surface area contributed by atoms with Gasteiger partial charge in [-0.2, -0.15) is 0 Å². The number of methoxy groups -OCH3 is 2. The first kappa shape index (κ1) is 15.0. The van der Waals surface area contributed by atoms with Crippen molar-refractivity contribution >= 4 is 23.4 Å². The Morgan fingerprint density at radius 2 is 2.05 bits per heavy atom. The molecule has 0 aliphatic carbocycles.